The number of nitrogens with zero attached hydrogens (tertiary/aromatic N) is 1. The minimum absolute atomic E-state index is 0.372. The largest absolute Gasteiger partial charge is 0.478 e. The van der Waals surface area contributed by atoms with E-state index in [2.05, 4.69) is 4.90 Å². The molecule has 0 aliphatic heterocycles. The monoisotopic (exact) mass is 483 g/mol. The Balaban J connectivity index is 1.93. The van der Waals surface area contributed by atoms with Crippen molar-refractivity contribution in [1.82, 2.24) is 4.90 Å². The molecule has 0 saturated carbocycles. The smallest absolute Gasteiger partial charge is 0.416 e. The molecule has 0 unspecified atom stereocenters. The third-order valence-corrected chi connectivity index (χ3v) is 5.76. The van der Waals surface area contributed by atoms with Crippen molar-refractivity contribution >= 4 is 5.97 Å². The molecule has 2 atom stereocenters. The Morgan fingerprint density at radius 3 is 1.83 bits per heavy atom. The molecule has 3 aromatic rings. The first-order chi connectivity index (χ1) is 16.7. The zero-order valence-electron chi connectivity index (χ0n) is 19.1. The van der Waals surface area contributed by atoms with Gasteiger partial charge in [-0.15, -0.1) is 0 Å². The van der Waals surface area contributed by atoms with Crippen LogP contribution in [-0.4, -0.2) is 27.1 Å². The van der Waals surface area contributed by atoms with E-state index < -0.39 is 29.9 Å². The van der Waals surface area contributed by atoms with Crippen molar-refractivity contribution in [3.63, 3.8) is 0 Å². The highest BCUT2D eigenvalue weighted by Gasteiger charge is 2.32. The van der Waals surface area contributed by atoms with Crippen molar-refractivity contribution in [3.05, 3.63) is 119 Å². The van der Waals surface area contributed by atoms with Crippen LogP contribution < -0.4 is 0 Å². The van der Waals surface area contributed by atoms with Gasteiger partial charge in [-0.25, -0.2) is 4.79 Å². The molecule has 0 aliphatic carbocycles. The molecule has 0 saturated heterocycles. The summed E-state index contributed by atoms with van der Waals surface area (Å²) in [5.74, 6) is -1.06. The molecule has 0 spiro atoms. The standard InChI is InChI=1S/C28H28F3NO3/c29-28(30,31)24-17-15-23(16-18-24)27(35)25(13-7-8-14-26(33)34)32(19-21-9-3-1-4-10-21)20-22-11-5-2-6-12-22/h1-6,8-12,14-18,25,27,35H,7,13,19-20H2,(H,33,34)/t25-,27+/m1/s1. The summed E-state index contributed by atoms with van der Waals surface area (Å²) >= 11 is 0. The highest BCUT2D eigenvalue weighted by molar-refractivity contribution is 5.79. The van der Waals surface area contributed by atoms with Crippen LogP contribution in [0.4, 0.5) is 13.2 Å². The molecule has 3 rings (SSSR count). The van der Waals surface area contributed by atoms with E-state index in [4.69, 9.17) is 5.11 Å². The lowest BCUT2D eigenvalue weighted by molar-refractivity contribution is -0.137. The molecule has 0 fully saturated rings. The molecule has 2 N–H and O–H groups in total. The lowest BCUT2D eigenvalue weighted by atomic mass is 9.94. The number of carboxylic acid groups (broad SMARTS) is 1. The van der Waals surface area contributed by atoms with Crippen molar-refractivity contribution in [2.45, 2.75) is 44.3 Å². The van der Waals surface area contributed by atoms with E-state index >= 15 is 0 Å². The first-order valence-corrected chi connectivity index (χ1v) is 11.3. The minimum Gasteiger partial charge on any atom is -0.478 e. The van der Waals surface area contributed by atoms with Crippen LogP contribution in [-0.2, 0) is 24.1 Å². The second kappa shape index (κ2) is 12.3. The number of hydrogen-bond donors (Lipinski definition) is 2. The van der Waals surface area contributed by atoms with Gasteiger partial charge >= 0.3 is 12.1 Å². The maximum atomic E-state index is 13.0. The summed E-state index contributed by atoms with van der Waals surface area (Å²) in [6.45, 7) is 1.00. The molecule has 0 radical (unpaired) electrons. The predicted molar refractivity (Wildman–Crippen MR) is 128 cm³/mol. The highest BCUT2D eigenvalue weighted by Crippen LogP contribution is 2.32. The predicted octanol–water partition coefficient (Wildman–Crippen LogP) is 6.23. The fraction of sp³-hybridized carbons (Fsp3) is 0.250. The quantitative estimate of drug-likeness (QED) is 0.318. The number of carbonyl (C=O) groups is 1. The Morgan fingerprint density at radius 1 is 0.857 bits per heavy atom. The van der Waals surface area contributed by atoms with Crippen LogP contribution >= 0.6 is 0 Å². The van der Waals surface area contributed by atoms with Crippen LogP contribution in [0.2, 0.25) is 0 Å². The Kier molecular flexibility index (Phi) is 9.23. The summed E-state index contributed by atoms with van der Waals surface area (Å²) in [5, 5.41) is 20.3. The number of hydrogen-bond acceptors (Lipinski definition) is 3. The van der Waals surface area contributed by atoms with E-state index in [1.807, 2.05) is 60.7 Å². The van der Waals surface area contributed by atoms with E-state index in [1.54, 1.807) is 0 Å². The molecule has 0 amide bonds. The third kappa shape index (κ3) is 8.09. The van der Waals surface area contributed by atoms with Gasteiger partial charge < -0.3 is 10.2 Å². The molecule has 0 aromatic heterocycles. The average molecular weight is 484 g/mol. The van der Waals surface area contributed by atoms with E-state index in [0.717, 1.165) is 29.3 Å². The van der Waals surface area contributed by atoms with E-state index in [9.17, 15) is 23.1 Å². The van der Waals surface area contributed by atoms with Gasteiger partial charge in [0.05, 0.1) is 11.7 Å². The number of halogens is 3. The van der Waals surface area contributed by atoms with Crippen LogP contribution in [0.3, 0.4) is 0 Å². The van der Waals surface area contributed by atoms with Crippen LogP contribution in [0.5, 0.6) is 0 Å². The van der Waals surface area contributed by atoms with Gasteiger partial charge in [0.15, 0.2) is 0 Å². The zero-order valence-corrected chi connectivity index (χ0v) is 19.1. The molecular weight excluding hydrogens is 455 g/mol. The zero-order chi connectivity index (χ0) is 25.3. The summed E-state index contributed by atoms with van der Waals surface area (Å²) in [4.78, 5) is 13.0. The topological polar surface area (TPSA) is 60.8 Å². The number of benzene rings is 3. The minimum atomic E-state index is -4.46. The summed E-state index contributed by atoms with van der Waals surface area (Å²) in [6, 6.07) is 23.5. The molecule has 0 heterocycles. The summed E-state index contributed by atoms with van der Waals surface area (Å²) in [5.41, 5.74) is 1.64. The number of carboxylic acids is 1. The van der Waals surface area contributed by atoms with Gasteiger partial charge in [0.1, 0.15) is 0 Å². The Morgan fingerprint density at radius 2 is 1.37 bits per heavy atom. The SMILES string of the molecule is O=C(O)C=CCC[C@H]([C@@H](O)c1ccc(C(F)(F)F)cc1)N(Cc1ccccc1)Cc1ccccc1. The first kappa shape index (κ1) is 26.2. The number of aliphatic hydroxyl groups is 1. The van der Waals surface area contributed by atoms with Crippen molar-refractivity contribution in [3.8, 4) is 0 Å². The summed E-state index contributed by atoms with van der Waals surface area (Å²) in [7, 11) is 0. The van der Waals surface area contributed by atoms with Gasteiger partial charge in [0, 0.05) is 25.2 Å². The van der Waals surface area contributed by atoms with E-state index in [-0.39, 0.29) is 0 Å². The molecule has 7 heteroatoms. The maximum absolute atomic E-state index is 13.0. The number of rotatable bonds is 11. The van der Waals surface area contributed by atoms with Gasteiger partial charge in [-0.3, -0.25) is 4.90 Å². The second-order valence-corrected chi connectivity index (χ2v) is 8.33. The average Bonchev–Trinajstić information content (AvgIpc) is 2.84. The molecule has 35 heavy (non-hydrogen) atoms. The van der Waals surface area contributed by atoms with Gasteiger partial charge in [-0.1, -0.05) is 78.9 Å². The van der Waals surface area contributed by atoms with Crippen LogP contribution in [0.15, 0.2) is 97.1 Å². The van der Waals surface area contributed by atoms with Crippen LogP contribution in [0, 0.1) is 0 Å². The second-order valence-electron chi connectivity index (χ2n) is 8.33. The maximum Gasteiger partial charge on any atom is 0.416 e. The van der Waals surface area contributed by atoms with E-state index in [0.29, 0.717) is 31.5 Å². The van der Waals surface area contributed by atoms with Gasteiger partial charge in [-0.2, -0.15) is 13.2 Å². The lowest BCUT2D eigenvalue weighted by Gasteiger charge is -2.35. The summed E-state index contributed by atoms with van der Waals surface area (Å²) < 4.78 is 39.1. The number of allylic oxidation sites excluding steroid dienone is 1. The third-order valence-electron chi connectivity index (χ3n) is 5.76. The number of aliphatic carboxylic acids is 1. The van der Waals surface area contributed by atoms with Crippen molar-refractivity contribution in [2.75, 3.05) is 0 Å². The van der Waals surface area contributed by atoms with Crippen molar-refractivity contribution in [1.29, 1.82) is 0 Å². The molecule has 3 aromatic carbocycles. The first-order valence-electron chi connectivity index (χ1n) is 11.3. The summed E-state index contributed by atoms with van der Waals surface area (Å²) in [6.07, 6.45) is -2.17. The highest BCUT2D eigenvalue weighted by atomic mass is 19.4. The molecular formula is C28H28F3NO3. The van der Waals surface area contributed by atoms with Crippen LogP contribution in [0.25, 0.3) is 0 Å². The lowest BCUT2D eigenvalue weighted by Crippen LogP contribution is -2.39. The Hall–Kier alpha value is -3.42. The fourth-order valence-electron chi connectivity index (χ4n) is 4.01. The molecule has 0 bridgehead atoms. The number of aliphatic hydroxyl groups excluding tert-OH is 1. The Bertz CT molecular complexity index is 1040. The van der Waals surface area contributed by atoms with Crippen molar-refractivity contribution < 1.29 is 28.2 Å². The number of alkyl halides is 3. The van der Waals surface area contributed by atoms with Gasteiger partial charge in [0.25, 0.3) is 0 Å². The van der Waals surface area contributed by atoms with Crippen LogP contribution in [0.1, 0.15) is 41.2 Å². The van der Waals surface area contributed by atoms with Gasteiger partial charge in [0.2, 0.25) is 0 Å². The molecule has 4 nitrogen and oxygen atoms in total. The van der Waals surface area contributed by atoms with Crippen molar-refractivity contribution in [2.24, 2.45) is 0 Å². The molecule has 0 aliphatic rings. The normalized spacial score (nSPS) is 13.7. The van der Waals surface area contributed by atoms with Gasteiger partial charge in [-0.05, 0) is 41.7 Å². The Labute approximate surface area is 203 Å². The molecule has 184 valence electrons. The van der Waals surface area contributed by atoms with E-state index in [1.165, 1.54) is 18.2 Å². The fourth-order valence-corrected chi connectivity index (χ4v) is 4.01.